The Labute approximate surface area is 131 Å². The third-order valence-electron chi connectivity index (χ3n) is 4.96. The molecule has 3 nitrogen and oxygen atoms in total. The highest BCUT2D eigenvalue weighted by Gasteiger charge is 2.46. The number of benzene rings is 2. The highest BCUT2D eigenvalue weighted by molar-refractivity contribution is 7.89. The van der Waals surface area contributed by atoms with Crippen LogP contribution in [0.5, 0.6) is 0 Å². The van der Waals surface area contributed by atoms with Crippen LogP contribution in [0.15, 0.2) is 53.4 Å². The van der Waals surface area contributed by atoms with Crippen molar-refractivity contribution in [2.24, 2.45) is 5.92 Å². The van der Waals surface area contributed by atoms with E-state index in [1.807, 2.05) is 31.2 Å². The van der Waals surface area contributed by atoms with E-state index in [-0.39, 0.29) is 6.04 Å². The van der Waals surface area contributed by atoms with Crippen molar-refractivity contribution >= 4 is 10.0 Å². The van der Waals surface area contributed by atoms with Gasteiger partial charge in [-0.3, -0.25) is 0 Å². The van der Waals surface area contributed by atoms with E-state index in [2.05, 4.69) is 12.1 Å². The highest BCUT2D eigenvalue weighted by Crippen LogP contribution is 2.48. The first-order valence-electron chi connectivity index (χ1n) is 7.74. The molecule has 0 saturated carbocycles. The predicted octanol–water partition coefficient (Wildman–Crippen LogP) is 3.30. The number of sulfonamides is 1. The Hall–Kier alpha value is -1.65. The first-order chi connectivity index (χ1) is 10.6. The molecule has 1 saturated heterocycles. The van der Waals surface area contributed by atoms with Crippen LogP contribution in [0.3, 0.4) is 0 Å². The molecule has 2 aromatic carbocycles. The van der Waals surface area contributed by atoms with Gasteiger partial charge < -0.3 is 0 Å². The van der Waals surface area contributed by atoms with Crippen molar-refractivity contribution in [2.45, 2.75) is 30.7 Å². The average Bonchev–Trinajstić information content (AvgIpc) is 3.06. The summed E-state index contributed by atoms with van der Waals surface area (Å²) in [6, 6.07) is 15.5. The molecule has 22 heavy (non-hydrogen) atoms. The van der Waals surface area contributed by atoms with Crippen LogP contribution in [0.1, 0.15) is 29.2 Å². The lowest BCUT2D eigenvalue weighted by molar-refractivity contribution is 0.364. The van der Waals surface area contributed by atoms with E-state index < -0.39 is 10.0 Å². The summed E-state index contributed by atoms with van der Waals surface area (Å²) >= 11 is 0. The average molecular weight is 313 g/mol. The fourth-order valence-corrected chi connectivity index (χ4v) is 5.54. The van der Waals surface area contributed by atoms with Gasteiger partial charge in [0.2, 0.25) is 10.0 Å². The van der Waals surface area contributed by atoms with E-state index in [0.29, 0.717) is 17.4 Å². The van der Waals surface area contributed by atoms with Crippen molar-refractivity contribution in [2.75, 3.05) is 6.54 Å². The second kappa shape index (κ2) is 4.93. The van der Waals surface area contributed by atoms with Gasteiger partial charge in [0.15, 0.2) is 0 Å². The molecule has 114 valence electrons. The standard InChI is InChI=1S/C18H19NO2S/c1-13-6-8-16(9-7-13)22(20,21)19-11-10-15-12-14-4-2-3-5-17(14)18(15)19/h2-9,15,18H,10-12H2,1H3. The van der Waals surface area contributed by atoms with Gasteiger partial charge in [0.1, 0.15) is 0 Å². The summed E-state index contributed by atoms with van der Waals surface area (Å²) < 4.78 is 27.8. The van der Waals surface area contributed by atoms with Crippen LogP contribution in [0, 0.1) is 12.8 Å². The van der Waals surface area contributed by atoms with Gasteiger partial charge in [-0.25, -0.2) is 8.42 Å². The largest absolute Gasteiger partial charge is 0.243 e. The third kappa shape index (κ3) is 2.02. The minimum absolute atomic E-state index is 0.0162. The molecule has 1 aliphatic carbocycles. The van der Waals surface area contributed by atoms with Gasteiger partial charge in [0, 0.05) is 6.54 Å². The van der Waals surface area contributed by atoms with E-state index in [0.717, 1.165) is 18.4 Å². The first kappa shape index (κ1) is 14.0. The van der Waals surface area contributed by atoms with Crippen molar-refractivity contribution in [3.63, 3.8) is 0 Å². The second-order valence-electron chi connectivity index (χ2n) is 6.33. The van der Waals surface area contributed by atoms with Crippen LogP contribution in [0.4, 0.5) is 0 Å². The molecule has 1 heterocycles. The summed E-state index contributed by atoms with van der Waals surface area (Å²) in [6.07, 6.45) is 1.95. The molecule has 2 atom stereocenters. The molecular weight excluding hydrogens is 294 g/mol. The lowest BCUT2D eigenvalue weighted by Gasteiger charge is -2.24. The molecule has 0 aromatic heterocycles. The Bertz CT molecular complexity index is 811. The zero-order chi connectivity index (χ0) is 15.3. The smallest absolute Gasteiger partial charge is 0.207 e. The molecule has 2 unspecified atom stereocenters. The Morgan fingerprint density at radius 3 is 2.55 bits per heavy atom. The van der Waals surface area contributed by atoms with E-state index >= 15 is 0 Å². The molecule has 0 N–H and O–H groups in total. The van der Waals surface area contributed by atoms with Crippen molar-refractivity contribution in [1.29, 1.82) is 0 Å². The maximum Gasteiger partial charge on any atom is 0.243 e. The van der Waals surface area contributed by atoms with Gasteiger partial charge in [0.25, 0.3) is 0 Å². The molecule has 1 fully saturated rings. The van der Waals surface area contributed by atoms with Crippen molar-refractivity contribution < 1.29 is 8.42 Å². The quantitative estimate of drug-likeness (QED) is 0.853. The van der Waals surface area contributed by atoms with Crippen LogP contribution < -0.4 is 0 Å². The zero-order valence-electron chi connectivity index (χ0n) is 12.6. The van der Waals surface area contributed by atoms with Gasteiger partial charge in [-0.1, -0.05) is 42.0 Å². The Morgan fingerprint density at radius 2 is 1.77 bits per heavy atom. The van der Waals surface area contributed by atoms with Gasteiger partial charge in [-0.15, -0.1) is 0 Å². The fourth-order valence-electron chi connectivity index (χ4n) is 3.85. The molecule has 2 aliphatic rings. The van der Waals surface area contributed by atoms with Crippen molar-refractivity contribution in [3.05, 3.63) is 65.2 Å². The molecule has 0 radical (unpaired) electrons. The van der Waals surface area contributed by atoms with Gasteiger partial charge in [-0.2, -0.15) is 4.31 Å². The lowest BCUT2D eigenvalue weighted by atomic mass is 10.0. The number of hydrogen-bond donors (Lipinski definition) is 0. The van der Waals surface area contributed by atoms with Crippen molar-refractivity contribution in [1.82, 2.24) is 4.31 Å². The first-order valence-corrected chi connectivity index (χ1v) is 9.18. The lowest BCUT2D eigenvalue weighted by Crippen LogP contribution is -2.31. The van der Waals surface area contributed by atoms with Gasteiger partial charge in [-0.05, 0) is 48.9 Å². The molecule has 1 aliphatic heterocycles. The number of rotatable bonds is 2. The minimum Gasteiger partial charge on any atom is -0.207 e. The fraction of sp³-hybridized carbons (Fsp3) is 0.333. The molecule has 4 heteroatoms. The summed E-state index contributed by atoms with van der Waals surface area (Å²) in [4.78, 5) is 0.406. The van der Waals surface area contributed by atoms with Crippen LogP contribution >= 0.6 is 0 Å². The van der Waals surface area contributed by atoms with E-state index in [4.69, 9.17) is 0 Å². The highest BCUT2D eigenvalue weighted by atomic mass is 32.2. The Kier molecular flexibility index (Phi) is 3.13. The summed E-state index contributed by atoms with van der Waals surface area (Å²) in [5, 5.41) is 0. The van der Waals surface area contributed by atoms with Crippen molar-refractivity contribution in [3.8, 4) is 0 Å². The topological polar surface area (TPSA) is 37.4 Å². The van der Waals surface area contributed by atoms with E-state index in [9.17, 15) is 8.42 Å². The zero-order valence-corrected chi connectivity index (χ0v) is 13.4. The Balaban J connectivity index is 1.76. The number of nitrogens with zero attached hydrogens (tertiary/aromatic N) is 1. The summed E-state index contributed by atoms with van der Waals surface area (Å²) in [5.41, 5.74) is 3.58. The van der Waals surface area contributed by atoms with Crippen LogP contribution in [0.25, 0.3) is 0 Å². The molecule has 2 aromatic rings. The molecule has 0 bridgehead atoms. The van der Waals surface area contributed by atoms with E-state index in [1.165, 1.54) is 11.1 Å². The maximum absolute atomic E-state index is 13.0. The normalized spacial score (nSPS) is 24.2. The third-order valence-corrected chi connectivity index (χ3v) is 6.86. The van der Waals surface area contributed by atoms with Crippen LogP contribution in [-0.4, -0.2) is 19.3 Å². The number of fused-ring (bicyclic) bond motifs is 3. The number of hydrogen-bond acceptors (Lipinski definition) is 2. The molecule has 0 amide bonds. The summed E-state index contributed by atoms with van der Waals surface area (Å²) in [7, 11) is -3.42. The van der Waals surface area contributed by atoms with Gasteiger partial charge >= 0.3 is 0 Å². The summed E-state index contributed by atoms with van der Waals surface area (Å²) in [5.74, 6) is 0.428. The Morgan fingerprint density at radius 1 is 1.05 bits per heavy atom. The molecular formula is C18H19NO2S. The molecule has 4 rings (SSSR count). The molecule has 0 spiro atoms. The monoisotopic (exact) mass is 313 g/mol. The summed E-state index contributed by atoms with van der Waals surface area (Å²) in [6.45, 7) is 2.59. The number of aryl methyl sites for hydroxylation is 1. The maximum atomic E-state index is 13.0. The second-order valence-corrected chi connectivity index (χ2v) is 8.22. The minimum atomic E-state index is -3.42. The van der Waals surface area contributed by atoms with Crippen LogP contribution in [-0.2, 0) is 16.4 Å². The van der Waals surface area contributed by atoms with Gasteiger partial charge in [0.05, 0.1) is 10.9 Å². The SMILES string of the molecule is Cc1ccc(S(=O)(=O)N2CCC3Cc4ccccc4C32)cc1. The predicted molar refractivity (Wildman–Crippen MR) is 86.1 cm³/mol. The van der Waals surface area contributed by atoms with E-state index in [1.54, 1.807) is 16.4 Å². The van der Waals surface area contributed by atoms with Crippen LogP contribution in [0.2, 0.25) is 0 Å².